The molecule has 7 nitrogen and oxygen atoms in total. The van der Waals surface area contributed by atoms with Gasteiger partial charge in [-0.1, -0.05) is 0 Å². The largest absolute Gasteiger partial charge is 0.468 e. The van der Waals surface area contributed by atoms with Crippen LogP contribution in [0.3, 0.4) is 0 Å². The number of imide groups is 1. The Hall–Kier alpha value is -2.09. The highest BCUT2D eigenvalue weighted by Crippen LogP contribution is 2.18. The van der Waals surface area contributed by atoms with Crippen LogP contribution < -0.4 is 5.32 Å². The highest BCUT2D eigenvalue weighted by molar-refractivity contribution is 9.10. The second-order valence-corrected chi connectivity index (χ2v) is 4.38. The summed E-state index contributed by atoms with van der Waals surface area (Å²) in [5.74, 6) is -0.885. The van der Waals surface area contributed by atoms with Gasteiger partial charge in [0.05, 0.1) is 7.11 Å². The van der Waals surface area contributed by atoms with Crippen LogP contribution in [0.2, 0.25) is 0 Å². The third-order valence-corrected chi connectivity index (χ3v) is 2.78. The molecule has 1 aliphatic rings. The monoisotopic (exact) mass is 328 g/mol. The van der Waals surface area contributed by atoms with Crippen molar-refractivity contribution in [3.05, 3.63) is 28.3 Å². The molecule has 1 aromatic rings. The van der Waals surface area contributed by atoms with Gasteiger partial charge in [0.1, 0.15) is 18.0 Å². The molecule has 0 bridgehead atoms. The van der Waals surface area contributed by atoms with E-state index in [0.717, 1.165) is 4.90 Å². The fraction of sp³-hybridized carbons (Fsp3) is 0.182. The Bertz CT molecular complexity index is 577. The molecule has 1 aromatic heterocycles. The number of methoxy groups -OCH3 is 1. The first-order chi connectivity index (χ1) is 9.01. The van der Waals surface area contributed by atoms with E-state index in [9.17, 15) is 14.4 Å². The fourth-order valence-corrected chi connectivity index (χ4v) is 1.78. The van der Waals surface area contributed by atoms with Crippen molar-refractivity contribution in [3.63, 3.8) is 0 Å². The summed E-state index contributed by atoms with van der Waals surface area (Å²) in [6.45, 7) is -0.430. The molecule has 0 spiro atoms. The SMILES string of the molecule is COC(=O)CN1C(=O)N/C(=C/c2ccc(Br)o2)C1=O. The second-order valence-electron chi connectivity index (χ2n) is 3.60. The maximum absolute atomic E-state index is 11.9. The molecule has 1 fully saturated rings. The maximum atomic E-state index is 11.9. The minimum absolute atomic E-state index is 0.0377. The highest BCUT2D eigenvalue weighted by atomic mass is 79.9. The number of carbonyl (C=O) groups is 3. The Morgan fingerprint density at radius 1 is 1.53 bits per heavy atom. The minimum atomic E-state index is -0.675. The molecule has 19 heavy (non-hydrogen) atoms. The highest BCUT2D eigenvalue weighted by Gasteiger charge is 2.35. The van der Waals surface area contributed by atoms with Gasteiger partial charge in [-0.15, -0.1) is 0 Å². The van der Waals surface area contributed by atoms with Gasteiger partial charge in [0.2, 0.25) is 0 Å². The number of urea groups is 1. The van der Waals surface area contributed by atoms with E-state index >= 15 is 0 Å². The zero-order valence-corrected chi connectivity index (χ0v) is 11.4. The number of hydrogen-bond donors (Lipinski definition) is 1. The van der Waals surface area contributed by atoms with Gasteiger partial charge in [0.25, 0.3) is 5.91 Å². The Balaban J connectivity index is 2.18. The van der Waals surface area contributed by atoms with Crippen LogP contribution in [-0.4, -0.2) is 36.5 Å². The molecule has 100 valence electrons. The third-order valence-electron chi connectivity index (χ3n) is 2.36. The lowest BCUT2D eigenvalue weighted by molar-refractivity contribution is -0.143. The number of furan rings is 1. The van der Waals surface area contributed by atoms with Crippen molar-refractivity contribution in [1.82, 2.24) is 10.2 Å². The molecular formula is C11H9BrN2O5. The Morgan fingerprint density at radius 3 is 2.84 bits per heavy atom. The van der Waals surface area contributed by atoms with E-state index < -0.39 is 24.5 Å². The molecule has 1 N–H and O–H groups in total. The topological polar surface area (TPSA) is 88.8 Å². The number of esters is 1. The van der Waals surface area contributed by atoms with Gasteiger partial charge in [-0.05, 0) is 28.1 Å². The normalized spacial score (nSPS) is 16.9. The average Bonchev–Trinajstić information content (AvgIpc) is 2.88. The maximum Gasteiger partial charge on any atom is 0.329 e. The van der Waals surface area contributed by atoms with E-state index in [1.54, 1.807) is 12.1 Å². The van der Waals surface area contributed by atoms with E-state index in [2.05, 4.69) is 26.0 Å². The molecule has 0 aromatic carbocycles. The molecule has 1 saturated heterocycles. The molecule has 1 aliphatic heterocycles. The van der Waals surface area contributed by atoms with E-state index in [-0.39, 0.29) is 5.70 Å². The van der Waals surface area contributed by atoms with E-state index in [1.807, 2.05) is 0 Å². The van der Waals surface area contributed by atoms with Gasteiger partial charge in [0.15, 0.2) is 4.67 Å². The quantitative estimate of drug-likeness (QED) is 0.510. The van der Waals surface area contributed by atoms with Crippen molar-refractivity contribution in [2.75, 3.05) is 13.7 Å². The third kappa shape index (κ3) is 2.84. The number of rotatable bonds is 3. The zero-order chi connectivity index (χ0) is 14.0. The Labute approximate surface area is 116 Å². The van der Waals surface area contributed by atoms with Gasteiger partial charge in [-0.2, -0.15) is 0 Å². The molecule has 0 unspecified atom stereocenters. The number of amides is 3. The summed E-state index contributed by atoms with van der Waals surface area (Å²) in [5.41, 5.74) is 0.0377. The number of ether oxygens (including phenoxy) is 1. The Morgan fingerprint density at radius 2 is 2.26 bits per heavy atom. The summed E-state index contributed by atoms with van der Waals surface area (Å²) >= 11 is 3.12. The summed E-state index contributed by atoms with van der Waals surface area (Å²) < 4.78 is 10.1. The first kappa shape index (κ1) is 13.3. The predicted octanol–water partition coefficient (Wildman–Crippen LogP) is 1.11. The first-order valence-corrected chi connectivity index (χ1v) is 5.97. The molecule has 3 amide bonds. The van der Waals surface area contributed by atoms with Crippen LogP contribution in [0.1, 0.15) is 5.76 Å². The van der Waals surface area contributed by atoms with Crippen LogP contribution in [0.5, 0.6) is 0 Å². The van der Waals surface area contributed by atoms with Gasteiger partial charge in [-0.3, -0.25) is 9.59 Å². The lowest BCUT2D eigenvalue weighted by Gasteiger charge is -2.08. The van der Waals surface area contributed by atoms with E-state index in [0.29, 0.717) is 10.4 Å². The molecule has 0 aliphatic carbocycles. The lowest BCUT2D eigenvalue weighted by Crippen LogP contribution is -2.36. The predicted molar refractivity (Wildman–Crippen MR) is 66.6 cm³/mol. The van der Waals surface area contributed by atoms with E-state index in [1.165, 1.54) is 13.2 Å². The standard InChI is InChI=1S/C11H9BrN2O5/c1-18-9(15)5-14-10(16)7(13-11(14)17)4-6-2-3-8(12)19-6/h2-4H,5H2,1H3,(H,13,17)/b7-4+. The van der Waals surface area contributed by atoms with Crippen LogP contribution in [0.25, 0.3) is 6.08 Å². The second kappa shape index (κ2) is 5.27. The van der Waals surface area contributed by atoms with Crippen LogP contribution in [-0.2, 0) is 14.3 Å². The number of nitrogens with one attached hydrogen (secondary N) is 1. The number of carbonyl (C=O) groups excluding carboxylic acids is 3. The average molecular weight is 329 g/mol. The minimum Gasteiger partial charge on any atom is -0.468 e. The Kier molecular flexibility index (Phi) is 3.70. The van der Waals surface area contributed by atoms with Crippen LogP contribution in [0.15, 0.2) is 26.9 Å². The van der Waals surface area contributed by atoms with Crippen molar-refractivity contribution in [2.24, 2.45) is 0 Å². The van der Waals surface area contributed by atoms with Gasteiger partial charge in [-0.25, -0.2) is 9.69 Å². The summed E-state index contributed by atoms with van der Waals surface area (Å²) in [4.78, 5) is 35.3. The molecule has 0 saturated carbocycles. The summed E-state index contributed by atoms with van der Waals surface area (Å²) in [6.07, 6.45) is 1.38. The molecule has 2 heterocycles. The number of hydrogen-bond acceptors (Lipinski definition) is 5. The van der Waals surface area contributed by atoms with Crippen LogP contribution >= 0.6 is 15.9 Å². The van der Waals surface area contributed by atoms with E-state index in [4.69, 9.17) is 4.42 Å². The molecular weight excluding hydrogens is 320 g/mol. The lowest BCUT2D eigenvalue weighted by atomic mass is 10.3. The molecule has 0 atom stereocenters. The number of nitrogens with zero attached hydrogens (tertiary/aromatic N) is 1. The van der Waals surface area contributed by atoms with Gasteiger partial charge >= 0.3 is 12.0 Å². The molecule has 8 heteroatoms. The first-order valence-electron chi connectivity index (χ1n) is 5.18. The molecule has 2 rings (SSSR count). The number of halogens is 1. The fourth-order valence-electron chi connectivity index (χ4n) is 1.46. The van der Waals surface area contributed by atoms with Crippen LogP contribution in [0, 0.1) is 0 Å². The van der Waals surface area contributed by atoms with Crippen molar-refractivity contribution in [3.8, 4) is 0 Å². The van der Waals surface area contributed by atoms with Gasteiger partial charge in [0, 0.05) is 6.08 Å². The van der Waals surface area contributed by atoms with Crippen molar-refractivity contribution in [1.29, 1.82) is 0 Å². The smallest absolute Gasteiger partial charge is 0.329 e. The zero-order valence-electron chi connectivity index (χ0n) is 9.81. The summed E-state index contributed by atoms with van der Waals surface area (Å²) in [5, 5.41) is 2.36. The summed E-state index contributed by atoms with van der Waals surface area (Å²) in [7, 11) is 1.18. The summed E-state index contributed by atoms with van der Waals surface area (Å²) in [6, 6.07) is 2.60. The van der Waals surface area contributed by atoms with Crippen molar-refractivity contribution < 1.29 is 23.5 Å². The van der Waals surface area contributed by atoms with Crippen molar-refractivity contribution >= 4 is 39.9 Å². The van der Waals surface area contributed by atoms with Gasteiger partial charge < -0.3 is 14.5 Å². The van der Waals surface area contributed by atoms with Crippen molar-refractivity contribution in [2.45, 2.75) is 0 Å². The van der Waals surface area contributed by atoms with Crippen LogP contribution in [0.4, 0.5) is 4.79 Å². The molecule has 0 radical (unpaired) electrons.